The average molecular weight is 215 g/mol. The molecule has 1 aromatic carbocycles. The van der Waals surface area contributed by atoms with E-state index in [4.69, 9.17) is 11.6 Å². The lowest BCUT2D eigenvalue weighted by molar-refractivity contribution is 0.0597. The average Bonchev–Trinajstić information content (AvgIpc) is 2.17. The number of esters is 1. The van der Waals surface area contributed by atoms with Crippen LogP contribution >= 0.6 is 11.6 Å². The molecule has 1 N–H and O–H groups in total. The summed E-state index contributed by atoms with van der Waals surface area (Å²) in [6.45, 7) is 0. The highest BCUT2D eigenvalue weighted by Crippen LogP contribution is 2.25. The molecule has 0 bridgehead atoms. The van der Waals surface area contributed by atoms with E-state index >= 15 is 0 Å². The van der Waals surface area contributed by atoms with Crippen molar-refractivity contribution in [1.82, 2.24) is 0 Å². The minimum Gasteiger partial charge on any atom is -0.507 e. The van der Waals surface area contributed by atoms with Crippen molar-refractivity contribution in [2.75, 3.05) is 7.11 Å². The fourth-order valence-corrected chi connectivity index (χ4v) is 1.15. The molecule has 5 heteroatoms. The van der Waals surface area contributed by atoms with Crippen molar-refractivity contribution in [3.05, 3.63) is 28.3 Å². The van der Waals surface area contributed by atoms with Crippen LogP contribution in [0, 0.1) is 0 Å². The molecule has 0 unspecified atom stereocenters. The zero-order chi connectivity index (χ0) is 10.7. The quantitative estimate of drug-likeness (QED) is 0.601. The van der Waals surface area contributed by atoms with Gasteiger partial charge in [0.15, 0.2) is 6.29 Å². The van der Waals surface area contributed by atoms with E-state index in [1.54, 1.807) is 0 Å². The summed E-state index contributed by atoms with van der Waals surface area (Å²) >= 11 is 5.61. The van der Waals surface area contributed by atoms with E-state index in [0.717, 1.165) is 6.07 Å². The highest BCUT2D eigenvalue weighted by Gasteiger charge is 2.14. The first-order valence-corrected chi connectivity index (χ1v) is 4.04. The van der Waals surface area contributed by atoms with Crippen LogP contribution in [0.5, 0.6) is 5.75 Å². The Kier molecular flexibility index (Phi) is 3.09. The van der Waals surface area contributed by atoms with Gasteiger partial charge in [0.1, 0.15) is 11.3 Å². The van der Waals surface area contributed by atoms with E-state index in [-0.39, 0.29) is 21.9 Å². The lowest BCUT2D eigenvalue weighted by atomic mass is 10.1. The van der Waals surface area contributed by atoms with Gasteiger partial charge in [-0.15, -0.1) is 0 Å². The third kappa shape index (κ3) is 1.85. The highest BCUT2D eigenvalue weighted by atomic mass is 35.5. The molecule has 0 aliphatic carbocycles. The van der Waals surface area contributed by atoms with Crippen molar-refractivity contribution >= 4 is 23.9 Å². The van der Waals surface area contributed by atoms with Crippen molar-refractivity contribution in [3.8, 4) is 5.75 Å². The van der Waals surface area contributed by atoms with E-state index < -0.39 is 5.97 Å². The van der Waals surface area contributed by atoms with Gasteiger partial charge < -0.3 is 9.84 Å². The van der Waals surface area contributed by atoms with Gasteiger partial charge >= 0.3 is 5.97 Å². The molecule has 0 heterocycles. The molecule has 14 heavy (non-hydrogen) atoms. The maximum atomic E-state index is 11.1. The molecule has 74 valence electrons. The number of phenolic OH excluding ortho intramolecular Hbond substituents is 1. The second-order valence-electron chi connectivity index (χ2n) is 2.50. The fraction of sp³-hybridized carbons (Fsp3) is 0.111. The van der Waals surface area contributed by atoms with Crippen LogP contribution in [0.3, 0.4) is 0 Å². The molecule has 0 aliphatic heterocycles. The standard InChI is InChI=1S/C9H7ClO4/c1-14-9(13)6-2-5(4-11)7(10)3-8(6)12/h2-4,12H,1H3. The molecule has 0 radical (unpaired) electrons. The van der Waals surface area contributed by atoms with Gasteiger partial charge in [0.25, 0.3) is 0 Å². The van der Waals surface area contributed by atoms with Gasteiger partial charge in [-0.2, -0.15) is 0 Å². The zero-order valence-corrected chi connectivity index (χ0v) is 8.04. The van der Waals surface area contributed by atoms with Crippen LogP contribution in [0.2, 0.25) is 5.02 Å². The molecule has 1 aromatic rings. The Bertz CT molecular complexity index is 387. The molecular weight excluding hydrogens is 208 g/mol. The highest BCUT2D eigenvalue weighted by molar-refractivity contribution is 6.33. The molecule has 0 saturated carbocycles. The van der Waals surface area contributed by atoms with Crippen LogP contribution in [-0.4, -0.2) is 24.5 Å². The molecule has 0 spiro atoms. The van der Waals surface area contributed by atoms with Crippen LogP contribution in [0.25, 0.3) is 0 Å². The van der Waals surface area contributed by atoms with Crippen LogP contribution < -0.4 is 0 Å². The Hall–Kier alpha value is -1.55. The first kappa shape index (κ1) is 10.5. The van der Waals surface area contributed by atoms with Crippen LogP contribution in [0.1, 0.15) is 20.7 Å². The first-order valence-electron chi connectivity index (χ1n) is 3.66. The monoisotopic (exact) mass is 214 g/mol. The molecule has 0 aromatic heterocycles. The number of carbonyl (C=O) groups excluding carboxylic acids is 2. The summed E-state index contributed by atoms with van der Waals surface area (Å²) in [4.78, 5) is 21.6. The number of aromatic hydroxyl groups is 1. The summed E-state index contributed by atoms with van der Waals surface area (Å²) in [7, 11) is 1.18. The van der Waals surface area contributed by atoms with Crippen LogP contribution in [0.4, 0.5) is 0 Å². The van der Waals surface area contributed by atoms with E-state index in [1.807, 2.05) is 0 Å². The first-order chi connectivity index (χ1) is 6.60. The Morgan fingerprint density at radius 3 is 2.71 bits per heavy atom. The number of rotatable bonds is 2. The second-order valence-corrected chi connectivity index (χ2v) is 2.91. The number of methoxy groups -OCH3 is 1. The minimum atomic E-state index is -0.720. The van der Waals surface area contributed by atoms with Crippen molar-refractivity contribution in [3.63, 3.8) is 0 Å². The Labute approximate surface area is 85.1 Å². The number of aldehydes is 1. The summed E-state index contributed by atoms with van der Waals surface area (Å²) in [5, 5.41) is 9.40. The van der Waals surface area contributed by atoms with Gasteiger partial charge in [-0.3, -0.25) is 4.79 Å². The number of phenols is 1. The van der Waals surface area contributed by atoms with Gasteiger partial charge in [0.05, 0.1) is 12.1 Å². The topological polar surface area (TPSA) is 63.6 Å². The summed E-state index contributed by atoms with van der Waals surface area (Å²) in [5.74, 6) is -1.03. The fourth-order valence-electron chi connectivity index (χ4n) is 0.943. The van der Waals surface area contributed by atoms with Crippen molar-refractivity contribution in [2.45, 2.75) is 0 Å². The summed E-state index contributed by atoms with van der Waals surface area (Å²) < 4.78 is 4.40. The van der Waals surface area contributed by atoms with Crippen molar-refractivity contribution in [2.24, 2.45) is 0 Å². The number of carbonyl (C=O) groups is 2. The third-order valence-electron chi connectivity index (χ3n) is 1.65. The lowest BCUT2D eigenvalue weighted by Crippen LogP contribution is -2.02. The molecule has 0 atom stereocenters. The second kappa shape index (κ2) is 4.11. The summed E-state index contributed by atoms with van der Waals surface area (Å²) in [5.41, 5.74) is 0.0452. The molecular formula is C9H7ClO4. The maximum Gasteiger partial charge on any atom is 0.341 e. The van der Waals surface area contributed by atoms with Gasteiger partial charge in [0.2, 0.25) is 0 Å². The van der Waals surface area contributed by atoms with Gasteiger partial charge in [0, 0.05) is 11.6 Å². The molecule has 0 saturated heterocycles. The molecule has 1 rings (SSSR count). The Balaban J connectivity index is 3.30. The third-order valence-corrected chi connectivity index (χ3v) is 1.97. The molecule has 4 nitrogen and oxygen atoms in total. The molecule has 0 amide bonds. The van der Waals surface area contributed by atoms with Crippen molar-refractivity contribution < 1.29 is 19.4 Å². The number of halogens is 1. The predicted molar refractivity (Wildman–Crippen MR) is 49.8 cm³/mol. The van der Waals surface area contributed by atoms with Gasteiger partial charge in [-0.25, -0.2) is 4.79 Å². The normalized spacial score (nSPS) is 9.57. The number of hydrogen-bond donors (Lipinski definition) is 1. The molecule has 0 fully saturated rings. The summed E-state index contributed by atoms with van der Waals surface area (Å²) in [6, 6.07) is 2.30. The van der Waals surface area contributed by atoms with E-state index in [1.165, 1.54) is 13.2 Å². The van der Waals surface area contributed by atoms with Crippen molar-refractivity contribution in [1.29, 1.82) is 0 Å². The van der Waals surface area contributed by atoms with Gasteiger partial charge in [-0.1, -0.05) is 11.6 Å². The van der Waals surface area contributed by atoms with E-state index in [9.17, 15) is 14.7 Å². The van der Waals surface area contributed by atoms with Crippen LogP contribution in [-0.2, 0) is 4.74 Å². The number of benzene rings is 1. The van der Waals surface area contributed by atoms with E-state index in [0.29, 0.717) is 6.29 Å². The van der Waals surface area contributed by atoms with Crippen LogP contribution in [0.15, 0.2) is 12.1 Å². The van der Waals surface area contributed by atoms with Gasteiger partial charge in [-0.05, 0) is 6.07 Å². The summed E-state index contributed by atoms with van der Waals surface area (Å²) in [6.07, 6.45) is 0.494. The smallest absolute Gasteiger partial charge is 0.341 e. The maximum absolute atomic E-state index is 11.1. The molecule has 0 aliphatic rings. The number of hydrogen-bond acceptors (Lipinski definition) is 4. The minimum absolute atomic E-state index is 0.0843. The number of ether oxygens (including phenoxy) is 1. The Morgan fingerprint density at radius 1 is 1.57 bits per heavy atom. The zero-order valence-electron chi connectivity index (χ0n) is 7.28. The lowest BCUT2D eigenvalue weighted by Gasteiger charge is -2.04. The largest absolute Gasteiger partial charge is 0.507 e. The predicted octanol–water partition coefficient (Wildman–Crippen LogP) is 1.64. The SMILES string of the molecule is COC(=O)c1cc(C=O)c(Cl)cc1O. The van der Waals surface area contributed by atoms with E-state index in [2.05, 4.69) is 4.74 Å². The Morgan fingerprint density at radius 2 is 2.21 bits per heavy atom.